The summed E-state index contributed by atoms with van der Waals surface area (Å²) in [5, 5.41) is 12.7. The Labute approximate surface area is 125 Å². The Morgan fingerprint density at radius 2 is 2.10 bits per heavy atom. The molecule has 1 heterocycles. The van der Waals surface area contributed by atoms with Gasteiger partial charge in [0.2, 0.25) is 5.91 Å². The van der Waals surface area contributed by atoms with Crippen molar-refractivity contribution in [1.29, 1.82) is 0 Å². The molecule has 1 amide bonds. The minimum Gasteiger partial charge on any atom is -0.391 e. The second kappa shape index (κ2) is 6.26. The number of aryl methyl sites for hydroxylation is 1. The van der Waals surface area contributed by atoms with Crippen LogP contribution in [0.25, 0.3) is 11.0 Å². The number of para-hydroxylation sites is 2. The largest absolute Gasteiger partial charge is 0.391 e. The maximum atomic E-state index is 11.8. The molecule has 0 aliphatic rings. The molecule has 2 N–H and O–H groups in total. The standard InChI is InChI=1S/C16H23N3O2/c1-16(2,3)14(20)10-17-15(21)8-9-19-11-18-12-6-4-5-7-13(12)19/h4-7,11,14,20H,8-10H2,1-3H3,(H,17,21). The van der Waals surface area contributed by atoms with Gasteiger partial charge in [-0.25, -0.2) is 4.98 Å². The SMILES string of the molecule is CC(C)(C)C(O)CNC(=O)CCn1cnc2ccccc21. The summed E-state index contributed by atoms with van der Waals surface area (Å²) in [5.74, 6) is -0.0592. The molecule has 2 aromatic rings. The highest BCUT2D eigenvalue weighted by molar-refractivity contribution is 5.77. The fourth-order valence-electron chi connectivity index (χ4n) is 2.02. The van der Waals surface area contributed by atoms with E-state index in [2.05, 4.69) is 10.3 Å². The van der Waals surface area contributed by atoms with Crippen molar-refractivity contribution in [2.45, 2.75) is 39.8 Å². The lowest BCUT2D eigenvalue weighted by molar-refractivity contribution is -0.122. The summed E-state index contributed by atoms with van der Waals surface area (Å²) in [6.07, 6.45) is 1.58. The fourth-order valence-corrected chi connectivity index (χ4v) is 2.02. The molecule has 0 bridgehead atoms. The Morgan fingerprint density at radius 1 is 1.38 bits per heavy atom. The number of nitrogens with zero attached hydrogens (tertiary/aromatic N) is 2. The van der Waals surface area contributed by atoms with Gasteiger partial charge in [-0.05, 0) is 17.5 Å². The number of benzene rings is 1. The number of aliphatic hydroxyl groups excluding tert-OH is 1. The van der Waals surface area contributed by atoms with E-state index in [1.807, 2.05) is 49.6 Å². The van der Waals surface area contributed by atoms with Gasteiger partial charge in [0.25, 0.3) is 0 Å². The average molecular weight is 289 g/mol. The third-order valence-corrected chi connectivity index (χ3v) is 3.60. The van der Waals surface area contributed by atoms with E-state index in [1.54, 1.807) is 6.33 Å². The van der Waals surface area contributed by atoms with Gasteiger partial charge in [0.1, 0.15) is 0 Å². The summed E-state index contributed by atoms with van der Waals surface area (Å²) in [4.78, 5) is 16.1. The number of imidazole rings is 1. The zero-order chi connectivity index (χ0) is 15.5. The lowest BCUT2D eigenvalue weighted by Gasteiger charge is -2.25. The predicted octanol–water partition coefficient (Wildman–Crippen LogP) is 1.95. The second-order valence-electron chi connectivity index (χ2n) is 6.36. The third-order valence-electron chi connectivity index (χ3n) is 3.60. The van der Waals surface area contributed by atoms with Crippen LogP contribution in [-0.2, 0) is 11.3 Å². The highest BCUT2D eigenvalue weighted by Gasteiger charge is 2.22. The summed E-state index contributed by atoms with van der Waals surface area (Å²) >= 11 is 0. The molecule has 1 aromatic heterocycles. The number of amides is 1. The van der Waals surface area contributed by atoms with Crippen LogP contribution in [0.1, 0.15) is 27.2 Å². The van der Waals surface area contributed by atoms with Crippen LogP contribution in [0.4, 0.5) is 0 Å². The van der Waals surface area contributed by atoms with E-state index in [1.165, 1.54) is 0 Å². The van der Waals surface area contributed by atoms with Crippen LogP contribution < -0.4 is 5.32 Å². The first-order chi connectivity index (χ1) is 9.88. The van der Waals surface area contributed by atoms with Crippen molar-refractivity contribution < 1.29 is 9.90 Å². The Bertz CT molecular complexity index is 613. The molecule has 0 saturated heterocycles. The number of fused-ring (bicyclic) bond motifs is 1. The van der Waals surface area contributed by atoms with Crippen LogP contribution in [-0.4, -0.2) is 33.2 Å². The van der Waals surface area contributed by atoms with Crippen molar-refractivity contribution in [1.82, 2.24) is 14.9 Å². The minimum absolute atomic E-state index is 0.0592. The van der Waals surface area contributed by atoms with Gasteiger partial charge in [0, 0.05) is 19.5 Å². The van der Waals surface area contributed by atoms with Crippen molar-refractivity contribution >= 4 is 16.9 Å². The normalized spacial score (nSPS) is 13.3. The number of carbonyl (C=O) groups excluding carboxylic acids is 1. The lowest BCUT2D eigenvalue weighted by Crippen LogP contribution is -2.39. The van der Waals surface area contributed by atoms with Crippen LogP contribution in [0.2, 0.25) is 0 Å². The molecule has 0 saturated carbocycles. The molecule has 0 spiro atoms. The van der Waals surface area contributed by atoms with Crippen molar-refractivity contribution in [2.75, 3.05) is 6.54 Å². The molecule has 2 rings (SSSR count). The monoisotopic (exact) mass is 289 g/mol. The van der Waals surface area contributed by atoms with Gasteiger partial charge in [-0.2, -0.15) is 0 Å². The number of hydrogen-bond donors (Lipinski definition) is 2. The molecule has 0 aliphatic heterocycles. The van der Waals surface area contributed by atoms with E-state index in [0.29, 0.717) is 13.0 Å². The van der Waals surface area contributed by atoms with Gasteiger partial charge in [0.15, 0.2) is 0 Å². The van der Waals surface area contributed by atoms with Crippen molar-refractivity contribution in [3.63, 3.8) is 0 Å². The number of hydrogen-bond acceptors (Lipinski definition) is 3. The molecule has 1 unspecified atom stereocenters. The number of rotatable bonds is 5. The maximum absolute atomic E-state index is 11.8. The van der Waals surface area contributed by atoms with Crippen LogP contribution in [0.15, 0.2) is 30.6 Å². The molecular weight excluding hydrogens is 266 g/mol. The lowest BCUT2D eigenvalue weighted by atomic mass is 9.89. The maximum Gasteiger partial charge on any atom is 0.221 e. The molecule has 21 heavy (non-hydrogen) atoms. The van der Waals surface area contributed by atoms with E-state index >= 15 is 0 Å². The number of nitrogens with one attached hydrogen (secondary N) is 1. The van der Waals surface area contributed by atoms with Gasteiger partial charge in [-0.15, -0.1) is 0 Å². The molecule has 1 aromatic carbocycles. The smallest absolute Gasteiger partial charge is 0.221 e. The third kappa shape index (κ3) is 4.04. The molecule has 1 atom stereocenters. The molecule has 114 valence electrons. The highest BCUT2D eigenvalue weighted by atomic mass is 16.3. The minimum atomic E-state index is -0.546. The number of aromatic nitrogens is 2. The summed E-state index contributed by atoms with van der Waals surface area (Å²) in [7, 11) is 0. The zero-order valence-corrected chi connectivity index (χ0v) is 12.8. The Kier molecular flexibility index (Phi) is 4.63. The summed E-state index contributed by atoms with van der Waals surface area (Å²) in [5.41, 5.74) is 1.73. The van der Waals surface area contributed by atoms with E-state index in [-0.39, 0.29) is 17.9 Å². The van der Waals surface area contributed by atoms with Crippen molar-refractivity contribution in [2.24, 2.45) is 5.41 Å². The van der Waals surface area contributed by atoms with Gasteiger partial charge >= 0.3 is 0 Å². The first-order valence-electron chi connectivity index (χ1n) is 7.22. The van der Waals surface area contributed by atoms with Crippen LogP contribution in [0, 0.1) is 5.41 Å². The van der Waals surface area contributed by atoms with Crippen LogP contribution >= 0.6 is 0 Å². The second-order valence-corrected chi connectivity index (χ2v) is 6.36. The van der Waals surface area contributed by atoms with Crippen molar-refractivity contribution in [3.8, 4) is 0 Å². The number of aliphatic hydroxyl groups is 1. The first kappa shape index (κ1) is 15.5. The Balaban J connectivity index is 1.84. The Hall–Kier alpha value is -1.88. The number of carbonyl (C=O) groups is 1. The van der Waals surface area contributed by atoms with Gasteiger partial charge in [-0.1, -0.05) is 32.9 Å². The molecule has 0 radical (unpaired) electrons. The molecule has 5 nitrogen and oxygen atoms in total. The molecular formula is C16H23N3O2. The quantitative estimate of drug-likeness (QED) is 0.884. The predicted molar refractivity (Wildman–Crippen MR) is 82.8 cm³/mol. The van der Waals surface area contributed by atoms with Crippen LogP contribution in [0.5, 0.6) is 0 Å². The van der Waals surface area contributed by atoms with E-state index in [4.69, 9.17) is 0 Å². The Morgan fingerprint density at radius 3 is 2.81 bits per heavy atom. The summed E-state index contributed by atoms with van der Waals surface area (Å²) in [6.45, 7) is 6.70. The topological polar surface area (TPSA) is 67.2 Å². The zero-order valence-electron chi connectivity index (χ0n) is 12.8. The first-order valence-corrected chi connectivity index (χ1v) is 7.22. The van der Waals surface area contributed by atoms with E-state index in [9.17, 15) is 9.90 Å². The molecule has 0 aliphatic carbocycles. The van der Waals surface area contributed by atoms with Gasteiger partial charge in [0.05, 0.1) is 23.5 Å². The summed E-state index contributed by atoms with van der Waals surface area (Å²) in [6, 6.07) is 7.84. The van der Waals surface area contributed by atoms with Gasteiger partial charge in [-0.3, -0.25) is 4.79 Å². The fraction of sp³-hybridized carbons (Fsp3) is 0.500. The van der Waals surface area contributed by atoms with E-state index in [0.717, 1.165) is 11.0 Å². The average Bonchev–Trinajstić information content (AvgIpc) is 2.84. The van der Waals surface area contributed by atoms with Crippen molar-refractivity contribution in [3.05, 3.63) is 30.6 Å². The van der Waals surface area contributed by atoms with Gasteiger partial charge < -0.3 is 15.0 Å². The van der Waals surface area contributed by atoms with E-state index < -0.39 is 6.10 Å². The van der Waals surface area contributed by atoms with Crippen LogP contribution in [0.3, 0.4) is 0 Å². The molecule has 0 fully saturated rings. The summed E-state index contributed by atoms with van der Waals surface area (Å²) < 4.78 is 1.97. The highest BCUT2D eigenvalue weighted by Crippen LogP contribution is 2.18. The molecule has 5 heteroatoms.